The molecule has 2 aliphatic rings. The summed E-state index contributed by atoms with van der Waals surface area (Å²) in [5.74, 6) is 1.45. The van der Waals surface area contributed by atoms with E-state index in [1.165, 1.54) is 16.9 Å². The first-order chi connectivity index (χ1) is 18.9. The molecule has 0 spiro atoms. The molecule has 0 fully saturated rings. The van der Waals surface area contributed by atoms with E-state index in [0.717, 1.165) is 41.8 Å². The molecule has 200 valence electrons. The van der Waals surface area contributed by atoms with E-state index in [0.29, 0.717) is 17.0 Å². The zero-order valence-corrected chi connectivity index (χ0v) is 23.5. The normalized spacial score (nSPS) is 19.4. The van der Waals surface area contributed by atoms with Crippen LogP contribution in [0, 0.1) is 17.3 Å². The largest absolute Gasteiger partial charge is 0.497 e. The van der Waals surface area contributed by atoms with Crippen molar-refractivity contribution in [1.29, 1.82) is 0 Å². The molecule has 2 aromatic carbocycles. The maximum absolute atomic E-state index is 13.7. The van der Waals surface area contributed by atoms with Crippen molar-refractivity contribution in [3.8, 4) is 5.75 Å². The van der Waals surface area contributed by atoms with Gasteiger partial charge in [-0.25, -0.2) is 4.98 Å². The molecule has 1 aromatic heterocycles. The van der Waals surface area contributed by atoms with Crippen LogP contribution in [0.2, 0.25) is 0 Å². The third-order valence-electron chi connectivity index (χ3n) is 7.65. The Hall–Kier alpha value is -3.77. The minimum Gasteiger partial charge on any atom is -0.497 e. The summed E-state index contributed by atoms with van der Waals surface area (Å²) < 4.78 is 5.36. The average Bonchev–Trinajstić information content (AvgIpc) is 3.41. The van der Waals surface area contributed by atoms with E-state index in [2.05, 4.69) is 52.1 Å². The maximum Gasteiger partial charge on any atom is 0.232 e. The van der Waals surface area contributed by atoms with Crippen molar-refractivity contribution < 1.29 is 9.53 Å². The summed E-state index contributed by atoms with van der Waals surface area (Å²) in [6, 6.07) is 18.2. The van der Waals surface area contributed by atoms with Gasteiger partial charge in [0.05, 0.1) is 18.2 Å². The highest BCUT2D eigenvalue weighted by atomic mass is 32.1. The lowest BCUT2D eigenvalue weighted by Crippen LogP contribution is -2.37. The Kier molecular flexibility index (Phi) is 8.22. The summed E-state index contributed by atoms with van der Waals surface area (Å²) in [5.41, 5.74) is 3.81. The highest BCUT2D eigenvalue weighted by Crippen LogP contribution is 2.42. The van der Waals surface area contributed by atoms with Crippen LogP contribution in [0.4, 0.5) is 5.13 Å². The third kappa shape index (κ3) is 6.28. The number of benzene rings is 2. The highest BCUT2D eigenvalue weighted by molar-refractivity contribution is 7.13. The molecule has 0 saturated carbocycles. The van der Waals surface area contributed by atoms with Gasteiger partial charge in [0, 0.05) is 29.6 Å². The second kappa shape index (κ2) is 12.0. The number of nitrogens with one attached hydrogen (secondary N) is 1. The molecule has 1 aliphatic carbocycles. The van der Waals surface area contributed by atoms with Crippen LogP contribution in [-0.4, -0.2) is 24.2 Å². The SMILES string of the molecule is COc1ccc(C(c2ccccc2)C(C)(C)C(=O)Nc2nc(CC3C=CC(C4C=CN=CC4)=CC3)cs2)cc1. The molecule has 2 heterocycles. The van der Waals surface area contributed by atoms with Gasteiger partial charge in [-0.1, -0.05) is 80.6 Å². The van der Waals surface area contributed by atoms with Gasteiger partial charge < -0.3 is 10.1 Å². The number of nitrogens with zero attached hydrogens (tertiary/aromatic N) is 2. The number of ether oxygens (including phenoxy) is 1. The maximum atomic E-state index is 13.7. The van der Waals surface area contributed by atoms with Crippen molar-refractivity contribution in [2.45, 2.75) is 39.0 Å². The topological polar surface area (TPSA) is 63.6 Å². The lowest BCUT2D eigenvalue weighted by Gasteiger charge is -2.33. The summed E-state index contributed by atoms with van der Waals surface area (Å²) in [5, 5.41) is 5.84. The number of allylic oxidation sites excluding steroid dienone is 5. The predicted molar refractivity (Wildman–Crippen MR) is 161 cm³/mol. The number of amides is 1. The summed E-state index contributed by atoms with van der Waals surface area (Å²) in [6.07, 6.45) is 15.8. The monoisotopic (exact) mass is 537 g/mol. The van der Waals surface area contributed by atoms with Gasteiger partial charge in [0.25, 0.3) is 0 Å². The van der Waals surface area contributed by atoms with E-state index in [-0.39, 0.29) is 11.8 Å². The van der Waals surface area contributed by atoms with Crippen molar-refractivity contribution in [3.05, 3.63) is 113 Å². The quantitative estimate of drug-likeness (QED) is 0.306. The molecule has 1 N–H and O–H groups in total. The van der Waals surface area contributed by atoms with Gasteiger partial charge >= 0.3 is 0 Å². The molecule has 0 bridgehead atoms. The Morgan fingerprint density at radius 2 is 1.85 bits per heavy atom. The Balaban J connectivity index is 1.26. The average molecular weight is 538 g/mol. The number of hydrogen-bond donors (Lipinski definition) is 1. The number of rotatable bonds is 9. The molecule has 39 heavy (non-hydrogen) atoms. The second-order valence-electron chi connectivity index (χ2n) is 10.7. The van der Waals surface area contributed by atoms with E-state index >= 15 is 0 Å². The van der Waals surface area contributed by atoms with Crippen LogP contribution >= 0.6 is 11.3 Å². The molecular formula is C33H35N3O2S. The van der Waals surface area contributed by atoms with E-state index < -0.39 is 5.41 Å². The summed E-state index contributed by atoms with van der Waals surface area (Å²) in [4.78, 5) is 22.7. The van der Waals surface area contributed by atoms with Crippen LogP contribution in [0.5, 0.6) is 5.75 Å². The molecule has 3 aromatic rings. The van der Waals surface area contributed by atoms with Gasteiger partial charge in [-0.15, -0.1) is 11.3 Å². The van der Waals surface area contributed by atoms with Crippen LogP contribution in [-0.2, 0) is 11.2 Å². The van der Waals surface area contributed by atoms with Gasteiger partial charge in [0.1, 0.15) is 5.75 Å². The van der Waals surface area contributed by atoms with Crippen LogP contribution in [0.25, 0.3) is 0 Å². The highest BCUT2D eigenvalue weighted by Gasteiger charge is 2.39. The Bertz CT molecular complexity index is 1400. The van der Waals surface area contributed by atoms with E-state index in [1.807, 2.05) is 68.7 Å². The van der Waals surface area contributed by atoms with E-state index in [1.54, 1.807) is 7.11 Å². The number of anilines is 1. The lowest BCUT2D eigenvalue weighted by molar-refractivity contribution is -0.124. The van der Waals surface area contributed by atoms with Gasteiger partial charge in [-0.2, -0.15) is 0 Å². The molecule has 6 heteroatoms. The molecule has 5 nitrogen and oxygen atoms in total. The van der Waals surface area contributed by atoms with Gasteiger partial charge in [-0.3, -0.25) is 9.79 Å². The number of carbonyl (C=O) groups excluding carboxylic acids is 1. The van der Waals surface area contributed by atoms with Gasteiger partial charge in [-0.05, 0) is 54.0 Å². The van der Waals surface area contributed by atoms with E-state index in [9.17, 15) is 4.79 Å². The molecule has 0 saturated heterocycles. The van der Waals surface area contributed by atoms with Crippen LogP contribution in [0.3, 0.4) is 0 Å². The number of carbonyl (C=O) groups is 1. The van der Waals surface area contributed by atoms with Crippen LogP contribution < -0.4 is 10.1 Å². The van der Waals surface area contributed by atoms with Crippen molar-refractivity contribution in [2.24, 2.45) is 22.2 Å². The summed E-state index contributed by atoms with van der Waals surface area (Å²) in [7, 11) is 1.66. The molecule has 3 atom stereocenters. The van der Waals surface area contributed by atoms with Gasteiger partial charge in [0.15, 0.2) is 5.13 Å². The summed E-state index contributed by atoms with van der Waals surface area (Å²) in [6.45, 7) is 4.01. The fourth-order valence-electron chi connectivity index (χ4n) is 5.41. The number of methoxy groups -OCH3 is 1. The van der Waals surface area contributed by atoms with E-state index in [4.69, 9.17) is 9.72 Å². The zero-order valence-electron chi connectivity index (χ0n) is 22.7. The van der Waals surface area contributed by atoms with Crippen molar-refractivity contribution >= 4 is 28.6 Å². The first-order valence-electron chi connectivity index (χ1n) is 13.5. The molecule has 3 unspecified atom stereocenters. The second-order valence-corrected chi connectivity index (χ2v) is 11.6. The first kappa shape index (κ1) is 26.8. The van der Waals surface area contributed by atoms with Crippen LogP contribution in [0.15, 0.2) is 101 Å². The number of aromatic nitrogens is 1. The standard InChI is InChI=1S/C33H35N3O2S/c1-33(2,30(26-7-5-4-6-8-26)27-13-15-29(38-3)16-14-27)31(37)36-32-35-28(22-39-32)21-23-9-11-24(12-10-23)25-17-19-34-20-18-25/h4-9,11-17,19-20,22-23,25,30H,10,18,21H2,1-3H3,(H,35,36,37). The molecule has 0 radical (unpaired) electrons. The Morgan fingerprint density at radius 1 is 1.08 bits per heavy atom. The Morgan fingerprint density at radius 3 is 2.51 bits per heavy atom. The number of hydrogen-bond acceptors (Lipinski definition) is 5. The van der Waals surface area contributed by atoms with Crippen molar-refractivity contribution in [3.63, 3.8) is 0 Å². The van der Waals surface area contributed by atoms with Crippen molar-refractivity contribution in [1.82, 2.24) is 4.98 Å². The number of aliphatic imine (C=N–C) groups is 1. The van der Waals surface area contributed by atoms with Crippen LogP contribution in [0.1, 0.15) is 49.4 Å². The Labute approximate surface area is 235 Å². The number of thiazole rings is 1. The fourth-order valence-corrected chi connectivity index (χ4v) is 6.12. The third-order valence-corrected chi connectivity index (χ3v) is 8.45. The lowest BCUT2D eigenvalue weighted by atomic mass is 9.70. The van der Waals surface area contributed by atoms with Gasteiger partial charge in [0.2, 0.25) is 5.91 Å². The molecular weight excluding hydrogens is 502 g/mol. The minimum absolute atomic E-state index is 0.0534. The van der Waals surface area contributed by atoms with Crippen molar-refractivity contribution in [2.75, 3.05) is 12.4 Å². The smallest absolute Gasteiger partial charge is 0.232 e. The first-order valence-corrected chi connectivity index (χ1v) is 14.3. The predicted octanol–water partition coefficient (Wildman–Crippen LogP) is 7.60. The molecule has 1 amide bonds. The zero-order chi connectivity index (χ0) is 27.2. The summed E-state index contributed by atoms with van der Waals surface area (Å²) >= 11 is 1.49. The molecule has 5 rings (SSSR count). The molecule has 1 aliphatic heterocycles. The minimum atomic E-state index is -0.729. The fraction of sp³-hybridized carbons (Fsp3) is 0.303.